The number of fused-ring (bicyclic) bond motifs is 5. The maximum Gasteiger partial charge on any atom is 0.331 e. The van der Waals surface area contributed by atoms with Crippen molar-refractivity contribution >= 4 is 18.0 Å². The van der Waals surface area contributed by atoms with Gasteiger partial charge in [0.15, 0.2) is 0 Å². The minimum absolute atomic E-state index is 0.0474. The summed E-state index contributed by atoms with van der Waals surface area (Å²) in [5, 5.41) is 45.5. The molecule has 0 spiro atoms. The summed E-state index contributed by atoms with van der Waals surface area (Å²) >= 11 is 0. The number of carbonyl (C=O) groups is 3. The SMILES string of the molecule is CC(=O)O[C@H]1C[C@@]2(C)[C@@H](C[C@@H](O)[C@H]3[C@@]4(C)CC[C@@H](O)[C@@H](C)[C@@H]4CC[C@@]32C)/C1=C(\CCC=C(C)C)C(=O)O.CCN(CC)C(=O)N1CCN(C)CC1.Cc1cn([C@H]2C[C@H](N=[N+]=[N-])[C@@H](CO)O2)c(=O)[nH]c1=O. The number of hydrogen-bond acceptors (Lipinski definition) is 12. The molecule has 0 bridgehead atoms. The second kappa shape index (κ2) is 23.4. The Hall–Kier alpha value is -4.52. The van der Waals surface area contributed by atoms with Crippen LogP contribution in [0.25, 0.3) is 10.4 Å². The number of aliphatic hydroxyl groups excluding tert-OH is 3. The fourth-order valence-electron chi connectivity index (χ4n) is 13.5. The van der Waals surface area contributed by atoms with Gasteiger partial charge in [-0.05, 0) is 144 Å². The van der Waals surface area contributed by atoms with E-state index in [-0.39, 0.29) is 59.2 Å². The highest BCUT2D eigenvalue weighted by molar-refractivity contribution is 5.88. The van der Waals surface area contributed by atoms with Crippen LogP contribution in [0.3, 0.4) is 0 Å². The van der Waals surface area contributed by atoms with Gasteiger partial charge in [-0.15, -0.1) is 0 Å². The number of H-pyrrole nitrogens is 1. The number of carbonyl (C=O) groups excluding carboxylic acids is 2. The Balaban J connectivity index is 0.000000229. The van der Waals surface area contributed by atoms with Gasteiger partial charge in [-0.1, -0.05) is 44.5 Å². The van der Waals surface area contributed by atoms with Crippen molar-refractivity contribution < 1.29 is 44.3 Å². The zero-order valence-corrected chi connectivity index (χ0v) is 43.5. The maximum absolute atomic E-state index is 12.6. The van der Waals surface area contributed by atoms with Gasteiger partial charge in [-0.2, -0.15) is 0 Å². The van der Waals surface area contributed by atoms with Gasteiger partial charge in [0.05, 0.1) is 31.0 Å². The molecule has 0 aromatic carbocycles. The number of piperazine rings is 1. The Labute approximate surface area is 412 Å². The monoisotopic (exact) mass is 983 g/mol. The number of amides is 2. The molecule has 7 rings (SSSR count). The van der Waals surface area contributed by atoms with E-state index in [2.05, 4.69) is 54.7 Å². The summed E-state index contributed by atoms with van der Waals surface area (Å²) in [7, 11) is 2.10. The van der Waals surface area contributed by atoms with Crippen LogP contribution in [0.5, 0.6) is 0 Å². The van der Waals surface area contributed by atoms with Crippen molar-refractivity contribution in [3.63, 3.8) is 0 Å². The highest BCUT2D eigenvalue weighted by Gasteiger charge is 2.71. The first kappa shape index (κ1) is 56.4. The van der Waals surface area contributed by atoms with Gasteiger partial charge in [0.25, 0.3) is 5.56 Å². The average molecular weight is 983 g/mol. The van der Waals surface area contributed by atoms with Gasteiger partial charge in [0.1, 0.15) is 12.3 Å². The molecule has 70 heavy (non-hydrogen) atoms. The fraction of sp³-hybridized carbons (Fsp3) is 0.784. The number of ether oxygens (including phenoxy) is 2. The number of aromatic amines is 1. The molecule has 392 valence electrons. The average Bonchev–Trinajstić information content (AvgIpc) is 3.83. The number of azide groups is 1. The largest absolute Gasteiger partial charge is 0.478 e. The van der Waals surface area contributed by atoms with E-state index in [4.69, 9.17) is 20.1 Å². The normalized spacial score (nSPS) is 35.2. The van der Waals surface area contributed by atoms with Crippen LogP contribution >= 0.6 is 0 Å². The third-order valence-corrected chi connectivity index (χ3v) is 17.4. The first-order valence-electron chi connectivity index (χ1n) is 25.4. The number of nitrogens with one attached hydrogen (secondary N) is 1. The van der Waals surface area contributed by atoms with Gasteiger partial charge in [-0.3, -0.25) is 19.1 Å². The smallest absolute Gasteiger partial charge is 0.331 e. The molecule has 1 aromatic rings. The summed E-state index contributed by atoms with van der Waals surface area (Å²) in [5.74, 6) is -0.909. The van der Waals surface area contributed by atoms with Crippen LogP contribution in [0, 0.1) is 46.8 Å². The van der Waals surface area contributed by atoms with Crippen LogP contribution < -0.4 is 11.2 Å². The molecule has 13 atom stereocenters. The van der Waals surface area contributed by atoms with Crippen molar-refractivity contribution in [2.24, 2.45) is 45.0 Å². The molecule has 6 aliphatic rings. The standard InChI is InChI=1S/C31H48O6.C10H13N5O4.C10H21N3O/c1-17(2)9-8-10-20(28(35)36)26-22-15-24(34)27-29(5)13-12-23(33)18(3)21(29)11-14-30(27,6)31(22,7)16-25(26)37-19(4)32;1-5-3-15(10(18)12-9(5)17)8-2-6(13-14-11)7(4-16)19-8;1-4-12(5-2)10(14)13-8-6-11(3)7-9-13/h9,18,21-25,27,33-34H,8,10-16H2,1-7H3,(H,35,36);3,6-8,16H,2,4H2,1H3,(H,12,17,18);4-9H2,1-3H3/b26-20-;;/t18-,21-,22-,23+,24+,25-,27-,29-,30-,31-;6-,7+,8+;/m00./s1. The maximum atomic E-state index is 12.6. The van der Waals surface area contributed by atoms with Crippen LogP contribution in [0.1, 0.15) is 132 Å². The van der Waals surface area contributed by atoms with Gasteiger partial charge in [-0.25, -0.2) is 14.4 Å². The van der Waals surface area contributed by atoms with Crippen molar-refractivity contribution in [2.75, 3.05) is 52.9 Å². The number of carboxylic acids is 1. The summed E-state index contributed by atoms with van der Waals surface area (Å²) in [6.45, 7) is 25.1. The van der Waals surface area contributed by atoms with Gasteiger partial charge in [0, 0.05) is 74.9 Å². The van der Waals surface area contributed by atoms with Crippen LogP contribution in [0.15, 0.2) is 43.7 Å². The molecule has 3 heterocycles. The van der Waals surface area contributed by atoms with E-state index in [1.54, 1.807) is 6.92 Å². The molecule has 0 radical (unpaired) electrons. The fourth-order valence-corrected chi connectivity index (χ4v) is 13.5. The Morgan fingerprint density at radius 3 is 2.24 bits per heavy atom. The van der Waals surface area contributed by atoms with E-state index in [0.717, 1.165) is 76.1 Å². The number of aryl methyl sites for hydroxylation is 1. The van der Waals surface area contributed by atoms with Crippen LogP contribution in [-0.2, 0) is 19.1 Å². The Morgan fingerprint density at radius 2 is 1.67 bits per heavy atom. The number of urea groups is 1. The van der Waals surface area contributed by atoms with Crippen LogP contribution in [0.4, 0.5) is 4.79 Å². The number of aliphatic hydroxyl groups is 3. The zero-order chi connectivity index (χ0) is 52.0. The number of likely N-dealkylation sites (N-methyl/N-ethyl adjacent to an activating group) is 1. The van der Waals surface area contributed by atoms with E-state index in [1.807, 2.05) is 43.6 Å². The van der Waals surface area contributed by atoms with E-state index in [9.17, 15) is 39.3 Å². The molecular formula is C51H82N8O11. The Kier molecular flexibility index (Phi) is 18.8. The molecule has 1 aromatic heterocycles. The minimum Gasteiger partial charge on any atom is -0.478 e. The molecule has 0 unspecified atom stereocenters. The van der Waals surface area contributed by atoms with Crippen molar-refractivity contribution in [1.82, 2.24) is 24.3 Å². The summed E-state index contributed by atoms with van der Waals surface area (Å²) in [5.41, 5.74) is 9.32. The number of allylic oxidation sites excluding steroid dienone is 2. The summed E-state index contributed by atoms with van der Waals surface area (Å²) < 4.78 is 12.6. The molecule has 19 heteroatoms. The molecule has 5 N–H and O–H groups in total. The lowest BCUT2D eigenvalue weighted by atomic mass is 9.36. The number of aromatic nitrogens is 2. The number of nitrogens with zero attached hydrogens (tertiary/aromatic N) is 7. The Bertz CT molecular complexity index is 2260. The van der Waals surface area contributed by atoms with Gasteiger partial charge >= 0.3 is 23.7 Å². The van der Waals surface area contributed by atoms with E-state index in [1.165, 1.54) is 17.7 Å². The molecular weight excluding hydrogens is 901 g/mol. The third kappa shape index (κ3) is 11.5. The number of hydrogen-bond donors (Lipinski definition) is 5. The lowest BCUT2D eigenvalue weighted by molar-refractivity contribution is -0.234. The van der Waals surface area contributed by atoms with Crippen molar-refractivity contribution in [3.05, 3.63) is 65.8 Å². The minimum atomic E-state index is -0.953. The molecule has 19 nitrogen and oxygen atoms in total. The third-order valence-electron chi connectivity index (χ3n) is 17.4. The van der Waals surface area contributed by atoms with Crippen LogP contribution in [0.2, 0.25) is 0 Å². The number of esters is 1. The first-order chi connectivity index (χ1) is 32.9. The molecule has 4 aliphatic carbocycles. The van der Waals surface area contributed by atoms with E-state index in [0.29, 0.717) is 42.7 Å². The number of rotatable bonds is 10. The number of aliphatic carboxylic acids is 1. The van der Waals surface area contributed by atoms with Crippen molar-refractivity contribution in [1.29, 1.82) is 0 Å². The molecule has 2 saturated heterocycles. The number of carboxylic acid groups (broad SMARTS) is 1. The molecule has 2 aliphatic heterocycles. The Morgan fingerprint density at radius 1 is 1.01 bits per heavy atom. The molecule has 6 fully saturated rings. The van der Waals surface area contributed by atoms with Crippen LogP contribution in [-0.4, -0.2) is 146 Å². The summed E-state index contributed by atoms with van der Waals surface area (Å²) in [4.78, 5) is 70.6. The lowest BCUT2D eigenvalue weighted by Crippen LogP contribution is -2.65. The quantitative estimate of drug-likeness (QED) is 0.0441. The highest BCUT2D eigenvalue weighted by atomic mass is 16.5. The van der Waals surface area contributed by atoms with Crippen molar-refractivity contribution in [3.8, 4) is 0 Å². The van der Waals surface area contributed by atoms with Gasteiger partial charge in [0.2, 0.25) is 0 Å². The lowest BCUT2D eigenvalue weighted by Gasteiger charge is -2.69. The predicted molar refractivity (Wildman–Crippen MR) is 265 cm³/mol. The van der Waals surface area contributed by atoms with E-state index < -0.39 is 53.8 Å². The first-order valence-corrected chi connectivity index (χ1v) is 25.4. The predicted octanol–water partition coefficient (Wildman–Crippen LogP) is 6.17. The topological polar surface area (TPSA) is 264 Å². The summed E-state index contributed by atoms with van der Waals surface area (Å²) in [6.07, 6.45) is 6.55. The molecule has 4 saturated carbocycles. The summed E-state index contributed by atoms with van der Waals surface area (Å²) in [6, 6.07) is -0.345. The van der Waals surface area contributed by atoms with Crippen molar-refractivity contribution in [2.45, 2.75) is 164 Å². The van der Waals surface area contributed by atoms with E-state index >= 15 is 0 Å². The second-order valence-electron chi connectivity index (χ2n) is 21.7. The highest BCUT2D eigenvalue weighted by Crippen LogP contribution is 2.74. The zero-order valence-electron chi connectivity index (χ0n) is 43.5. The molecule has 2 amide bonds. The second-order valence-corrected chi connectivity index (χ2v) is 21.7. The van der Waals surface area contributed by atoms with Gasteiger partial charge < -0.3 is 44.6 Å².